The second-order valence-corrected chi connectivity index (χ2v) is 6.81. The molecule has 0 saturated carbocycles. The number of aliphatic imine (C=N–C) groups is 1. The zero-order valence-corrected chi connectivity index (χ0v) is 19.4. The molecule has 2 aromatic carbocycles. The SMILES string of the molecule is CCNC(=NCc1ccccc1)NCc1ccc(C(=O)N2CCNC(=O)C2)cc1.I. The van der Waals surface area contributed by atoms with E-state index in [0.717, 1.165) is 23.6 Å². The molecule has 7 nitrogen and oxygen atoms in total. The van der Waals surface area contributed by atoms with Gasteiger partial charge in [-0.2, -0.15) is 0 Å². The molecule has 3 N–H and O–H groups in total. The van der Waals surface area contributed by atoms with Crippen molar-refractivity contribution in [3.63, 3.8) is 0 Å². The van der Waals surface area contributed by atoms with Gasteiger partial charge in [0.15, 0.2) is 5.96 Å². The molecule has 2 aromatic rings. The molecule has 8 heteroatoms. The van der Waals surface area contributed by atoms with Gasteiger partial charge in [0.05, 0.1) is 13.1 Å². The Labute approximate surface area is 194 Å². The van der Waals surface area contributed by atoms with Crippen molar-refractivity contribution in [3.05, 3.63) is 71.3 Å². The second kappa shape index (κ2) is 12.2. The van der Waals surface area contributed by atoms with Crippen LogP contribution in [0.3, 0.4) is 0 Å². The Morgan fingerprint density at radius 3 is 2.47 bits per heavy atom. The molecule has 160 valence electrons. The Kier molecular flexibility index (Phi) is 9.59. The first-order valence-electron chi connectivity index (χ1n) is 9.86. The fraction of sp³-hybridized carbons (Fsp3) is 0.318. The van der Waals surface area contributed by atoms with Gasteiger partial charge >= 0.3 is 0 Å². The normalized spacial score (nSPS) is 13.8. The Bertz CT molecular complexity index is 856. The van der Waals surface area contributed by atoms with Crippen molar-refractivity contribution in [2.75, 3.05) is 26.2 Å². The lowest BCUT2D eigenvalue weighted by Crippen LogP contribution is -2.49. The summed E-state index contributed by atoms with van der Waals surface area (Å²) in [6.45, 7) is 5.17. The highest BCUT2D eigenvalue weighted by atomic mass is 127. The van der Waals surface area contributed by atoms with Crippen LogP contribution >= 0.6 is 24.0 Å². The Balaban J connectivity index is 0.00000320. The van der Waals surface area contributed by atoms with E-state index in [0.29, 0.717) is 31.7 Å². The van der Waals surface area contributed by atoms with Crippen LogP contribution in [-0.2, 0) is 17.9 Å². The lowest BCUT2D eigenvalue weighted by Gasteiger charge is -2.26. The number of benzene rings is 2. The zero-order chi connectivity index (χ0) is 20.5. The fourth-order valence-corrected chi connectivity index (χ4v) is 3.04. The van der Waals surface area contributed by atoms with Gasteiger partial charge in [-0.15, -0.1) is 24.0 Å². The molecule has 3 rings (SSSR count). The van der Waals surface area contributed by atoms with E-state index in [-0.39, 0.29) is 42.3 Å². The zero-order valence-electron chi connectivity index (χ0n) is 17.1. The molecule has 2 amide bonds. The van der Waals surface area contributed by atoms with Gasteiger partial charge in [-0.1, -0.05) is 42.5 Å². The van der Waals surface area contributed by atoms with Crippen LogP contribution in [0.15, 0.2) is 59.6 Å². The summed E-state index contributed by atoms with van der Waals surface area (Å²) in [5.74, 6) is 0.518. The summed E-state index contributed by atoms with van der Waals surface area (Å²) in [6.07, 6.45) is 0. The molecule has 0 radical (unpaired) electrons. The highest BCUT2D eigenvalue weighted by Gasteiger charge is 2.22. The first-order valence-corrected chi connectivity index (χ1v) is 9.86. The largest absolute Gasteiger partial charge is 0.357 e. The molecule has 1 aliphatic rings. The van der Waals surface area contributed by atoms with Gasteiger partial charge in [0.1, 0.15) is 0 Å². The number of hydrogen-bond donors (Lipinski definition) is 3. The summed E-state index contributed by atoms with van der Waals surface area (Å²) < 4.78 is 0. The van der Waals surface area contributed by atoms with Crippen LogP contribution in [0.5, 0.6) is 0 Å². The third-order valence-electron chi connectivity index (χ3n) is 4.59. The van der Waals surface area contributed by atoms with Crippen LogP contribution in [0.1, 0.15) is 28.4 Å². The number of amides is 2. The molecule has 0 spiro atoms. The van der Waals surface area contributed by atoms with Crippen molar-refractivity contribution < 1.29 is 9.59 Å². The number of nitrogens with zero attached hydrogens (tertiary/aromatic N) is 2. The minimum absolute atomic E-state index is 0. The van der Waals surface area contributed by atoms with Gasteiger partial charge in [-0.05, 0) is 30.2 Å². The minimum Gasteiger partial charge on any atom is -0.357 e. The number of hydrogen-bond acceptors (Lipinski definition) is 3. The van der Waals surface area contributed by atoms with Crippen molar-refractivity contribution >= 4 is 41.8 Å². The van der Waals surface area contributed by atoms with Crippen LogP contribution in [-0.4, -0.2) is 48.9 Å². The number of nitrogens with one attached hydrogen (secondary N) is 3. The Morgan fingerprint density at radius 2 is 1.80 bits per heavy atom. The first-order chi connectivity index (χ1) is 14.2. The smallest absolute Gasteiger partial charge is 0.254 e. The van der Waals surface area contributed by atoms with E-state index in [1.807, 2.05) is 37.3 Å². The van der Waals surface area contributed by atoms with Gasteiger partial charge in [0.25, 0.3) is 5.91 Å². The summed E-state index contributed by atoms with van der Waals surface area (Å²) in [5.41, 5.74) is 2.79. The molecule has 0 atom stereocenters. The second-order valence-electron chi connectivity index (χ2n) is 6.81. The highest BCUT2D eigenvalue weighted by Crippen LogP contribution is 2.09. The van der Waals surface area contributed by atoms with Gasteiger partial charge < -0.3 is 20.9 Å². The van der Waals surface area contributed by atoms with Gasteiger partial charge in [-0.25, -0.2) is 4.99 Å². The lowest BCUT2D eigenvalue weighted by atomic mass is 10.1. The predicted molar refractivity (Wildman–Crippen MR) is 129 cm³/mol. The third kappa shape index (κ3) is 7.01. The summed E-state index contributed by atoms with van der Waals surface area (Å²) in [7, 11) is 0. The molecule has 1 heterocycles. The van der Waals surface area contributed by atoms with Crippen LogP contribution in [0.2, 0.25) is 0 Å². The van der Waals surface area contributed by atoms with Crippen LogP contribution in [0, 0.1) is 0 Å². The maximum Gasteiger partial charge on any atom is 0.254 e. The molecule has 1 saturated heterocycles. The fourth-order valence-electron chi connectivity index (χ4n) is 3.04. The van der Waals surface area contributed by atoms with E-state index in [4.69, 9.17) is 0 Å². The van der Waals surface area contributed by atoms with E-state index in [1.54, 1.807) is 17.0 Å². The molecule has 1 fully saturated rings. The summed E-state index contributed by atoms with van der Waals surface area (Å²) >= 11 is 0. The highest BCUT2D eigenvalue weighted by molar-refractivity contribution is 14.0. The van der Waals surface area contributed by atoms with E-state index < -0.39 is 0 Å². The van der Waals surface area contributed by atoms with E-state index in [1.165, 1.54) is 0 Å². The topological polar surface area (TPSA) is 85.8 Å². The molecular weight excluding hydrogens is 493 g/mol. The number of piperazine rings is 1. The Hall–Kier alpha value is -2.62. The number of rotatable bonds is 6. The molecule has 30 heavy (non-hydrogen) atoms. The third-order valence-corrected chi connectivity index (χ3v) is 4.59. The quantitative estimate of drug-likeness (QED) is 0.309. The number of guanidine groups is 1. The van der Waals surface area contributed by atoms with Crippen LogP contribution in [0.4, 0.5) is 0 Å². The Morgan fingerprint density at radius 1 is 1.07 bits per heavy atom. The maximum absolute atomic E-state index is 12.5. The molecule has 0 aliphatic carbocycles. The van der Waals surface area contributed by atoms with Crippen molar-refractivity contribution in [2.24, 2.45) is 4.99 Å². The van der Waals surface area contributed by atoms with E-state index >= 15 is 0 Å². The van der Waals surface area contributed by atoms with Gasteiger partial charge in [0.2, 0.25) is 5.91 Å². The summed E-state index contributed by atoms with van der Waals surface area (Å²) in [4.78, 5) is 30.2. The van der Waals surface area contributed by atoms with Crippen LogP contribution in [0.25, 0.3) is 0 Å². The van der Waals surface area contributed by atoms with Crippen molar-refractivity contribution in [1.29, 1.82) is 0 Å². The number of halogens is 1. The summed E-state index contributed by atoms with van der Waals surface area (Å²) in [6, 6.07) is 17.6. The monoisotopic (exact) mass is 521 g/mol. The molecule has 1 aliphatic heterocycles. The maximum atomic E-state index is 12.5. The average Bonchev–Trinajstić information content (AvgIpc) is 2.76. The predicted octanol–water partition coefficient (Wildman–Crippen LogP) is 2.13. The van der Waals surface area contributed by atoms with Crippen molar-refractivity contribution in [3.8, 4) is 0 Å². The first kappa shape index (κ1) is 23.7. The minimum atomic E-state index is -0.115. The van der Waals surface area contributed by atoms with Crippen molar-refractivity contribution in [2.45, 2.75) is 20.0 Å². The van der Waals surface area contributed by atoms with Crippen LogP contribution < -0.4 is 16.0 Å². The van der Waals surface area contributed by atoms with Gasteiger partial charge in [-0.3, -0.25) is 9.59 Å². The lowest BCUT2D eigenvalue weighted by molar-refractivity contribution is -0.123. The molecule has 0 bridgehead atoms. The average molecular weight is 521 g/mol. The van der Waals surface area contributed by atoms with Gasteiger partial charge in [0, 0.05) is 31.7 Å². The van der Waals surface area contributed by atoms with E-state index in [9.17, 15) is 9.59 Å². The standard InChI is InChI=1S/C22H27N5O2.HI/c1-2-23-22(25-14-17-6-4-3-5-7-17)26-15-18-8-10-19(11-9-18)21(29)27-13-12-24-20(28)16-27;/h3-11H,2,12-16H2,1H3,(H,24,28)(H2,23,25,26);1H. The molecule has 0 unspecified atom stereocenters. The molecular formula is C22H28IN5O2. The van der Waals surface area contributed by atoms with Crippen molar-refractivity contribution in [1.82, 2.24) is 20.9 Å². The summed E-state index contributed by atoms with van der Waals surface area (Å²) in [5, 5.41) is 9.28. The molecule has 0 aromatic heterocycles. The van der Waals surface area contributed by atoms with E-state index in [2.05, 4.69) is 33.1 Å². The number of carbonyl (C=O) groups excluding carboxylic acids is 2. The number of carbonyl (C=O) groups is 2.